The van der Waals surface area contributed by atoms with Crippen molar-refractivity contribution in [3.05, 3.63) is 29.6 Å². The van der Waals surface area contributed by atoms with Crippen molar-refractivity contribution in [3.8, 4) is 0 Å². The molecule has 1 aliphatic rings. The van der Waals surface area contributed by atoms with E-state index in [1.165, 1.54) is 6.39 Å². The summed E-state index contributed by atoms with van der Waals surface area (Å²) < 4.78 is 21.1. The molecule has 9 heteroatoms. The number of oxazole rings is 1. The number of carbonyl (C=O) groups is 1. The number of hydrogen-bond donors (Lipinski definition) is 0. The summed E-state index contributed by atoms with van der Waals surface area (Å²) in [5.41, 5.74) is 0.608. The number of aryl methyl sites for hydroxylation is 1. The first kappa shape index (κ1) is 17.6. The second-order valence-electron chi connectivity index (χ2n) is 5.94. The Morgan fingerprint density at radius 3 is 3.12 bits per heavy atom. The highest BCUT2D eigenvalue weighted by Crippen LogP contribution is 2.17. The molecule has 2 aromatic heterocycles. The molecular weight excluding hydrogens is 328 g/mol. The number of likely N-dealkylation sites (tertiary alicyclic amines) is 1. The fourth-order valence-electron chi connectivity index (χ4n) is 2.80. The number of aromatic nitrogens is 3. The summed E-state index contributed by atoms with van der Waals surface area (Å²) in [4.78, 5) is 22.4. The van der Waals surface area contributed by atoms with Gasteiger partial charge in [-0.25, -0.2) is 4.98 Å². The second-order valence-corrected chi connectivity index (χ2v) is 5.94. The van der Waals surface area contributed by atoms with E-state index in [1.54, 1.807) is 18.9 Å². The minimum atomic E-state index is -0.134. The van der Waals surface area contributed by atoms with E-state index in [-0.39, 0.29) is 12.0 Å². The molecular formula is C16H22N4O5. The fraction of sp³-hybridized carbons (Fsp3) is 0.625. The Morgan fingerprint density at radius 1 is 1.48 bits per heavy atom. The Labute approximate surface area is 145 Å². The first-order valence-corrected chi connectivity index (χ1v) is 8.28. The second kappa shape index (κ2) is 8.21. The smallest absolute Gasteiger partial charge is 0.291 e. The van der Waals surface area contributed by atoms with Gasteiger partial charge in [0.15, 0.2) is 12.2 Å². The van der Waals surface area contributed by atoms with Crippen LogP contribution in [0.4, 0.5) is 0 Å². The highest BCUT2D eigenvalue weighted by Gasteiger charge is 2.27. The number of rotatable bonds is 7. The monoisotopic (exact) mass is 350 g/mol. The van der Waals surface area contributed by atoms with Crippen molar-refractivity contribution in [2.24, 2.45) is 0 Å². The van der Waals surface area contributed by atoms with Gasteiger partial charge in [0.25, 0.3) is 11.8 Å². The summed E-state index contributed by atoms with van der Waals surface area (Å²) in [6.07, 6.45) is 3.65. The molecule has 1 amide bonds. The summed E-state index contributed by atoms with van der Waals surface area (Å²) in [6.45, 7) is 3.77. The van der Waals surface area contributed by atoms with Crippen molar-refractivity contribution in [1.82, 2.24) is 20.0 Å². The van der Waals surface area contributed by atoms with Crippen LogP contribution in [0.15, 0.2) is 15.3 Å². The molecule has 0 N–H and O–H groups in total. The average molecular weight is 350 g/mol. The predicted molar refractivity (Wildman–Crippen MR) is 84.8 cm³/mol. The Hall–Kier alpha value is -2.26. The van der Waals surface area contributed by atoms with Crippen LogP contribution < -0.4 is 0 Å². The van der Waals surface area contributed by atoms with Gasteiger partial charge in [-0.15, -0.1) is 0 Å². The summed E-state index contributed by atoms with van der Waals surface area (Å²) in [7, 11) is 1.57. The molecule has 0 aliphatic carbocycles. The normalized spacial score (nSPS) is 17.8. The minimum Gasteiger partial charge on any atom is -0.438 e. The molecule has 9 nitrogen and oxygen atoms in total. The molecule has 0 saturated carbocycles. The lowest BCUT2D eigenvalue weighted by Crippen LogP contribution is -2.43. The number of nitrogens with zero attached hydrogens (tertiary/aromatic N) is 4. The molecule has 1 fully saturated rings. The molecule has 3 rings (SSSR count). The standard InChI is InChI=1S/C16H22N4O5/c1-11-15(24-10-17-11)16(21)20-6-3-4-12(8-20)23-7-5-13-18-14(9-22-2)25-19-13/h10,12H,3-9H2,1-2H3. The van der Waals surface area contributed by atoms with E-state index < -0.39 is 0 Å². The van der Waals surface area contributed by atoms with Crippen LogP contribution in [0, 0.1) is 6.92 Å². The highest BCUT2D eigenvalue weighted by atomic mass is 16.5. The Bertz CT molecular complexity index is 698. The van der Waals surface area contributed by atoms with E-state index in [1.807, 2.05) is 0 Å². The number of carbonyl (C=O) groups excluding carboxylic acids is 1. The van der Waals surface area contributed by atoms with Crippen molar-refractivity contribution >= 4 is 5.91 Å². The quantitative estimate of drug-likeness (QED) is 0.737. The van der Waals surface area contributed by atoms with Gasteiger partial charge in [0.1, 0.15) is 6.61 Å². The summed E-state index contributed by atoms with van der Waals surface area (Å²) in [6, 6.07) is 0. The first-order valence-electron chi connectivity index (χ1n) is 8.28. The first-order chi connectivity index (χ1) is 12.2. The van der Waals surface area contributed by atoms with Crippen LogP contribution in [0.2, 0.25) is 0 Å². The molecule has 0 spiro atoms. The van der Waals surface area contributed by atoms with Crippen molar-refractivity contribution in [3.63, 3.8) is 0 Å². The summed E-state index contributed by atoms with van der Waals surface area (Å²) >= 11 is 0. The van der Waals surface area contributed by atoms with E-state index in [2.05, 4.69) is 15.1 Å². The molecule has 0 radical (unpaired) electrons. The van der Waals surface area contributed by atoms with E-state index in [0.717, 1.165) is 12.8 Å². The maximum Gasteiger partial charge on any atom is 0.291 e. The van der Waals surface area contributed by atoms with Crippen LogP contribution in [-0.2, 0) is 22.5 Å². The van der Waals surface area contributed by atoms with Gasteiger partial charge in [-0.05, 0) is 19.8 Å². The maximum absolute atomic E-state index is 12.5. The number of hydrogen-bond acceptors (Lipinski definition) is 8. The van der Waals surface area contributed by atoms with Gasteiger partial charge in [-0.2, -0.15) is 4.98 Å². The van der Waals surface area contributed by atoms with Crippen molar-refractivity contribution in [2.75, 3.05) is 26.8 Å². The zero-order chi connectivity index (χ0) is 17.6. The number of amides is 1. The third kappa shape index (κ3) is 4.43. The van der Waals surface area contributed by atoms with Gasteiger partial charge in [0, 0.05) is 26.6 Å². The van der Waals surface area contributed by atoms with Crippen LogP contribution in [0.3, 0.4) is 0 Å². The van der Waals surface area contributed by atoms with E-state index in [9.17, 15) is 4.79 Å². The molecule has 0 bridgehead atoms. The summed E-state index contributed by atoms with van der Waals surface area (Å²) in [5, 5.41) is 3.87. The average Bonchev–Trinajstić information content (AvgIpc) is 3.24. The van der Waals surface area contributed by atoms with Gasteiger partial charge < -0.3 is 23.3 Å². The molecule has 25 heavy (non-hydrogen) atoms. The van der Waals surface area contributed by atoms with Crippen molar-refractivity contribution < 1.29 is 23.2 Å². The minimum absolute atomic E-state index is 0.00808. The van der Waals surface area contributed by atoms with Gasteiger partial charge >= 0.3 is 0 Å². The van der Waals surface area contributed by atoms with Crippen molar-refractivity contribution in [2.45, 2.75) is 38.9 Å². The molecule has 136 valence electrons. The third-order valence-corrected chi connectivity index (χ3v) is 4.06. The van der Waals surface area contributed by atoms with Gasteiger partial charge in [-0.1, -0.05) is 5.16 Å². The van der Waals surface area contributed by atoms with Gasteiger partial charge in [-0.3, -0.25) is 4.79 Å². The zero-order valence-corrected chi connectivity index (χ0v) is 14.4. The van der Waals surface area contributed by atoms with Crippen LogP contribution >= 0.6 is 0 Å². The summed E-state index contributed by atoms with van der Waals surface area (Å²) in [5.74, 6) is 1.21. The van der Waals surface area contributed by atoms with E-state index >= 15 is 0 Å². The fourth-order valence-corrected chi connectivity index (χ4v) is 2.80. The molecule has 3 heterocycles. The SMILES string of the molecule is COCc1nc(CCOC2CCCN(C(=O)c3ocnc3C)C2)no1. The highest BCUT2D eigenvalue weighted by molar-refractivity contribution is 5.92. The Kier molecular flexibility index (Phi) is 5.77. The maximum atomic E-state index is 12.5. The van der Waals surface area contributed by atoms with Crippen LogP contribution in [0.25, 0.3) is 0 Å². The lowest BCUT2D eigenvalue weighted by Gasteiger charge is -2.32. The molecule has 1 saturated heterocycles. The molecule has 1 atom stereocenters. The van der Waals surface area contributed by atoms with E-state index in [4.69, 9.17) is 18.4 Å². The molecule has 2 aromatic rings. The lowest BCUT2D eigenvalue weighted by atomic mass is 10.1. The predicted octanol–water partition coefficient (Wildman–Crippen LogP) is 1.38. The number of ether oxygens (including phenoxy) is 2. The Morgan fingerprint density at radius 2 is 2.36 bits per heavy atom. The van der Waals surface area contributed by atoms with Crippen molar-refractivity contribution in [1.29, 1.82) is 0 Å². The zero-order valence-electron chi connectivity index (χ0n) is 14.4. The molecule has 1 aliphatic heterocycles. The van der Waals surface area contributed by atoms with Crippen LogP contribution in [-0.4, -0.2) is 58.8 Å². The molecule has 1 unspecified atom stereocenters. The van der Waals surface area contributed by atoms with Crippen LogP contribution in [0.1, 0.15) is 40.8 Å². The third-order valence-electron chi connectivity index (χ3n) is 4.06. The number of methoxy groups -OCH3 is 1. The largest absolute Gasteiger partial charge is 0.438 e. The Balaban J connectivity index is 1.46. The van der Waals surface area contributed by atoms with E-state index in [0.29, 0.717) is 55.9 Å². The van der Waals surface area contributed by atoms with Gasteiger partial charge in [0.2, 0.25) is 5.76 Å². The van der Waals surface area contributed by atoms with Crippen LogP contribution in [0.5, 0.6) is 0 Å². The van der Waals surface area contributed by atoms with Gasteiger partial charge in [0.05, 0.1) is 18.4 Å². The lowest BCUT2D eigenvalue weighted by molar-refractivity contribution is 0.00151. The number of piperidine rings is 1. The molecule has 0 aromatic carbocycles. The topological polar surface area (TPSA) is 104 Å².